The van der Waals surface area contributed by atoms with Gasteiger partial charge in [-0.1, -0.05) is 11.6 Å². The van der Waals surface area contributed by atoms with E-state index in [1.54, 1.807) is 24.1 Å². The van der Waals surface area contributed by atoms with Gasteiger partial charge in [-0.05, 0) is 12.1 Å². The van der Waals surface area contributed by atoms with Gasteiger partial charge < -0.3 is 0 Å². The Bertz CT molecular complexity index is 636. The van der Waals surface area contributed by atoms with Crippen LogP contribution in [-0.2, 0) is 23.6 Å². The summed E-state index contributed by atoms with van der Waals surface area (Å²) in [6, 6.07) is 2.83. The maximum absolute atomic E-state index is 11.9. The van der Waals surface area contributed by atoms with Crippen LogP contribution in [0.3, 0.4) is 0 Å². The molecule has 1 N–H and O–H groups in total. The van der Waals surface area contributed by atoms with Gasteiger partial charge in [-0.25, -0.2) is 18.1 Å². The number of rotatable bonds is 4. The molecular weight excluding hydrogens is 276 g/mol. The van der Waals surface area contributed by atoms with Crippen molar-refractivity contribution >= 4 is 21.6 Å². The first-order chi connectivity index (χ1) is 8.47. The number of pyridine rings is 1. The number of nitrogens with one attached hydrogen (secondary N) is 1. The molecule has 0 saturated carbocycles. The van der Waals surface area contributed by atoms with Crippen LogP contribution in [0.25, 0.3) is 0 Å². The summed E-state index contributed by atoms with van der Waals surface area (Å²) in [5, 5.41) is 4.20. The monoisotopic (exact) mass is 286 g/mol. The fraction of sp³-hybridized carbons (Fsp3) is 0.200. The van der Waals surface area contributed by atoms with Gasteiger partial charge in [0.2, 0.25) is 10.0 Å². The lowest BCUT2D eigenvalue weighted by Crippen LogP contribution is -2.23. The predicted octanol–water partition coefficient (Wildman–Crippen LogP) is 0.947. The predicted molar refractivity (Wildman–Crippen MR) is 66.5 cm³/mol. The lowest BCUT2D eigenvalue weighted by Gasteiger charge is -2.04. The minimum Gasteiger partial charge on any atom is -0.275 e. The zero-order chi connectivity index (χ0) is 13.2. The number of nitrogens with zero attached hydrogens (tertiary/aromatic N) is 3. The molecule has 0 spiro atoms. The van der Waals surface area contributed by atoms with Crippen LogP contribution in [0, 0.1) is 0 Å². The normalized spacial score (nSPS) is 11.7. The zero-order valence-corrected chi connectivity index (χ0v) is 11.1. The van der Waals surface area contributed by atoms with Gasteiger partial charge in [-0.15, -0.1) is 0 Å². The second kappa shape index (κ2) is 5.05. The number of hydrogen-bond donors (Lipinski definition) is 1. The van der Waals surface area contributed by atoms with Crippen LogP contribution in [0.2, 0.25) is 5.15 Å². The minimum atomic E-state index is -3.57. The van der Waals surface area contributed by atoms with Gasteiger partial charge in [-0.2, -0.15) is 5.10 Å². The van der Waals surface area contributed by atoms with Gasteiger partial charge in [0, 0.05) is 31.5 Å². The molecule has 0 amide bonds. The average Bonchev–Trinajstić information content (AvgIpc) is 2.73. The summed E-state index contributed by atoms with van der Waals surface area (Å²) in [7, 11) is -1.81. The Morgan fingerprint density at radius 2 is 2.17 bits per heavy atom. The van der Waals surface area contributed by atoms with Crippen LogP contribution in [-0.4, -0.2) is 23.2 Å². The summed E-state index contributed by atoms with van der Waals surface area (Å²) in [6.07, 6.45) is 4.55. The standard InChI is InChI=1S/C10H11ClN4O2S/c1-15-7-8(4-13-15)5-14-18(16,17)9-2-3-10(11)12-6-9/h2-4,6-7,14H,5H2,1H3. The molecule has 0 radical (unpaired) electrons. The molecule has 0 bridgehead atoms. The molecule has 0 fully saturated rings. The van der Waals surface area contributed by atoms with Gasteiger partial charge >= 0.3 is 0 Å². The van der Waals surface area contributed by atoms with E-state index in [2.05, 4.69) is 14.8 Å². The lowest BCUT2D eigenvalue weighted by molar-refractivity contribution is 0.581. The molecule has 6 nitrogen and oxygen atoms in total. The van der Waals surface area contributed by atoms with Crippen LogP contribution in [0.15, 0.2) is 35.6 Å². The van der Waals surface area contributed by atoms with Crippen molar-refractivity contribution in [3.63, 3.8) is 0 Å². The molecule has 2 aromatic heterocycles. The van der Waals surface area contributed by atoms with E-state index in [0.717, 1.165) is 5.56 Å². The van der Waals surface area contributed by atoms with E-state index < -0.39 is 10.0 Å². The van der Waals surface area contributed by atoms with E-state index in [4.69, 9.17) is 11.6 Å². The summed E-state index contributed by atoms with van der Waals surface area (Å²) < 4.78 is 27.9. The van der Waals surface area contributed by atoms with Crippen LogP contribution in [0.5, 0.6) is 0 Å². The third-order valence-corrected chi connectivity index (χ3v) is 3.85. The Hall–Kier alpha value is -1.44. The maximum atomic E-state index is 11.9. The largest absolute Gasteiger partial charge is 0.275 e. The van der Waals surface area contributed by atoms with E-state index in [-0.39, 0.29) is 16.6 Å². The molecule has 0 aliphatic rings. The first-order valence-electron chi connectivity index (χ1n) is 5.06. The van der Waals surface area contributed by atoms with Crippen molar-refractivity contribution in [3.8, 4) is 0 Å². The average molecular weight is 287 g/mol. The highest BCUT2D eigenvalue weighted by Gasteiger charge is 2.14. The third kappa shape index (κ3) is 3.06. The number of aryl methyl sites for hydroxylation is 1. The minimum absolute atomic E-state index is 0.0794. The second-order valence-electron chi connectivity index (χ2n) is 3.66. The first kappa shape index (κ1) is 13.0. The fourth-order valence-electron chi connectivity index (χ4n) is 1.35. The Balaban J connectivity index is 2.10. The molecule has 0 saturated heterocycles. The fourth-order valence-corrected chi connectivity index (χ4v) is 2.42. The highest BCUT2D eigenvalue weighted by Crippen LogP contribution is 2.11. The maximum Gasteiger partial charge on any atom is 0.242 e. The third-order valence-electron chi connectivity index (χ3n) is 2.24. The summed E-state index contributed by atoms with van der Waals surface area (Å²) in [5.41, 5.74) is 0.781. The van der Waals surface area contributed by atoms with Gasteiger partial charge in [0.1, 0.15) is 10.0 Å². The van der Waals surface area contributed by atoms with Crippen molar-refractivity contribution in [1.29, 1.82) is 0 Å². The second-order valence-corrected chi connectivity index (χ2v) is 5.82. The van der Waals surface area contributed by atoms with E-state index >= 15 is 0 Å². The zero-order valence-electron chi connectivity index (χ0n) is 9.54. The molecule has 0 aromatic carbocycles. The van der Waals surface area contributed by atoms with Crippen LogP contribution in [0.1, 0.15) is 5.56 Å². The summed E-state index contributed by atoms with van der Waals surface area (Å²) in [6.45, 7) is 0.179. The van der Waals surface area contributed by atoms with Gasteiger partial charge in [-0.3, -0.25) is 4.68 Å². The van der Waals surface area contributed by atoms with Crippen molar-refractivity contribution < 1.29 is 8.42 Å². The molecule has 0 aliphatic carbocycles. The molecule has 2 aromatic rings. The molecular formula is C10H11ClN4O2S. The Labute approximate surface area is 110 Å². The molecule has 18 heavy (non-hydrogen) atoms. The molecule has 0 atom stereocenters. The SMILES string of the molecule is Cn1cc(CNS(=O)(=O)c2ccc(Cl)nc2)cn1. The number of sulfonamides is 1. The van der Waals surface area contributed by atoms with Crippen molar-refractivity contribution in [2.75, 3.05) is 0 Å². The van der Waals surface area contributed by atoms with E-state index in [9.17, 15) is 8.42 Å². The Morgan fingerprint density at radius 3 is 2.72 bits per heavy atom. The van der Waals surface area contributed by atoms with Gasteiger partial charge in [0.25, 0.3) is 0 Å². The topological polar surface area (TPSA) is 76.9 Å². The molecule has 0 aliphatic heterocycles. The van der Waals surface area contributed by atoms with Crippen molar-refractivity contribution in [2.24, 2.45) is 7.05 Å². The van der Waals surface area contributed by atoms with Gasteiger partial charge in [0.15, 0.2) is 0 Å². The quantitative estimate of drug-likeness (QED) is 0.849. The summed E-state index contributed by atoms with van der Waals surface area (Å²) in [5.74, 6) is 0. The molecule has 2 heterocycles. The van der Waals surface area contributed by atoms with Crippen LogP contribution >= 0.6 is 11.6 Å². The van der Waals surface area contributed by atoms with E-state index in [1.807, 2.05) is 0 Å². The highest BCUT2D eigenvalue weighted by atomic mass is 35.5. The van der Waals surface area contributed by atoms with E-state index in [1.165, 1.54) is 18.3 Å². The number of aromatic nitrogens is 3. The first-order valence-corrected chi connectivity index (χ1v) is 6.92. The summed E-state index contributed by atoms with van der Waals surface area (Å²) in [4.78, 5) is 3.81. The number of halogens is 1. The molecule has 2 rings (SSSR count). The van der Waals surface area contributed by atoms with Crippen LogP contribution < -0.4 is 4.72 Å². The van der Waals surface area contributed by atoms with Crippen molar-refractivity contribution in [3.05, 3.63) is 41.4 Å². The van der Waals surface area contributed by atoms with Crippen molar-refractivity contribution in [1.82, 2.24) is 19.5 Å². The Kier molecular flexibility index (Phi) is 3.65. The summed E-state index contributed by atoms with van der Waals surface area (Å²) >= 11 is 5.60. The van der Waals surface area contributed by atoms with Crippen molar-refractivity contribution in [2.45, 2.75) is 11.4 Å². The lowest BCUT2D eigenvalue weighted by atomic mass is 10.4. The van der Waals surface area contributed by atoms with E-state index in [0.29, 0.717) is 0 Å². The molecule has 96 valence electrons. The number of hydrogen-bond acceptors (Lipinski definition) is 4. The highest BCUT2D eigenvalue weighted by molar-refractivity contribution is 7.89. The molecule has 8 heteroatoms. The van der Waals surface area contributed by atoms with Gasteiger partial charge in [0.05, 0.1) is 6.20 Å². The smallest absolute Gasteiger partial charge is 0.242 e. The Morgan fingerprint density at radius 1 is 1.39 bits per heavy atom. The molecule has 0 unspecified atom stereocenters. The van der Waals surface area contributed by atoms with Crippen LogP contribution in [0.4, 0.5) is 0 Å².